The van der Waals surface area contributed by atoms with E-state index in [-0.39, 0.29) is 18.2 Å². The summed E-state index contributed by atoms with van der Waals surface area (Å²) in [6, 6.07) is 5.49. The molecule has 0 aliphatic rings. The number of hydrogen-bond acceptors (Lipinski definition) is 4. The molecule has 27 heavy (non-hydrogen) atoms. The number of benzene rings is 1. The minimum atomic E-state index is -0.549. The van der Waals surface area contributed by atoms with Crippen molar-refractivity contribution in [2.24, 2.45) is 5.41 Å². The lowest BCUT2D eigenvalue weighted by Crippen LogP contribution is -2.34. The number of ketones is 1. The van der Waals surface area contributed by atoms with Crippen molar-refractivity contribution >= 4 is 22.6 Å². The summed E-state index contributed by atoms with van der Waals surface area (Å²) in [5.41, 5.74) is 0.596. The molecule has 1 aromatic carbocycles. The van der Waals surface area contributed by atoms with E-state index in [9.17, 15) is 9.59 Å². The molecular formula is C21H31N3O3. The summed E-state index contributed by atoms with van der Waals surface area (Å²) >= 11 is 0. The third kappa shape index (κ3) is 4.67. The van der Waals surface area contributed by atoms with Crippen LogP contribution in [0.15, 0.2) is 18.2 Å². The van der Waals surface area contributed by atoms with Crippen molar-refractivity contribution in [2.45, 2.75) is 54.0 Å². The summed E-state index contributed by atoms with van der Waals surface area (Å²) in [5.74, 6) is 0.638. The van der Waals surface area contributed by atoms with Crippen molar-refractivity contribution in [3.63, 3.8) is 0 Å². The fourth-order valence-electron chi connectivity index (χ4n) is 2.96. The van der Waals surface area contributed by atoms with Gasteiger partial charge in [0.05, 0.1) is 12.6 Å². The molecule has 2 aromatic rings. The van der Waals surface area contributed by atoms with Crippen LogP contribution in [0, 0.1) is 5.41 Å². The Labute approximate surface area is 161 Å². The van der Waals surface area contributed by atoms with Gasteiger partial charge in [-0.15, -0.1) is 0 Å². The smallest absolute Gasteiger partial charge is 0.244 e. The Balaban J connectivity index is 2.46. The minimum absolute atomic E-state index is 0.00734. The van der Waals surface area contributed by atoms with Crippen LogP contribution in [0.25, 0.3) is 10.9 Å². The monoisotopic (exact) mass is 373 g/mol. The molecule has 6 heteroatoms. The lowest BCUT2D eigenvalue weighted by Gasteiger charge is -2.20. The molecule has 0 aliphatic carbocycles. The Morgan fingerprint density at radius 2 is 1.93 bits per heavy atom. The Morgan fingerprint density at radius 1 is 1.22 bits per heavy atom. The average molecular weight is 373 g/mol. The highest BCUT2D eigenvalue weighted by Gasteiger charge is 2.28. The van der Waals surface area contributed by atoms with Crippen molar-refractivity contribution in [3.8, 4) is 5.75 Å². The van der Waals surface area contributed by atoms with Gasteiger partial charge in [-0.05, 0) is 25.5 Å². The van der Waals surface area contributed by atoms with Crippen LogP contribution in [0.4, 0.5) is 0 Å². The lowest BCUT2D eigenvalue weighted by molar-refractivity contribution is -0.131. The number of unbranched alkanes of at least 4 members (excludes halogenated alkanes) is 1. The van der Waals surface area contributed by atoms with E-state index in [0.717, 1.165) is 30.3 Å². The number of hydrogen-bond donors (Lipinski definition) is 0. The zero-order chi connectivity index (χ0) is 20.2. The van der Waals surface area contributed by atoms with Gasteiger partial charge in [0, 0.05) is 30.0 Å². The normalized spacial score (nSPS) is 11.6. The Hall–Kier alpha value is -2.37. The molecule has 1 amide bonds. The van der Waals surface area contributed by atoms with Crippen LogP contribution < -0.4 is 4.74 Å². The second-order valence-electron chi connectivity index (χ2n) is 7.80. The van der Waals surface area contributed by atoms with Crippen LogP contribution in [0.2, 0.25) is 0 Å². The highest BCUT2D eigenvalue weighted by atomic mass is 16.5. The first kappa shape index (κ1) is 20.9. The lowest BCUT2D eigenvalue weighted by atomic mass is 9.88. The van der Waals surface area contributed by atoms with Crippen LogP contribution in [0.5, 0.6) is 5.75 Å². The van der Waals surface area contributed by atoms with Crippen molar-refractivity contribution < 1.29 is 14.3 Å². The molecule has 0 radical (unpaired) electrons. The zero-order valence-electron chi connectivity index (χ0n) is 17.3. The van der Waals surface area contributed by atoms with Gasteiger partial charge < -0.3 is 9.64 Å². The number of carbonyl (C=O) groups excluding carboxylic acids is 2. The van der Waals surface area contributed by atoms with Crippen molar-refractivity contribution in [1.29, 1.82) is 0 Å². The van der Waals surface area contributed by atoms with Gasteiger partial charge in [0.25, 0.3) is 0 Å². The average Bonchev–Trinajstić information content (AvgIpc) is 2.98. The maximum atomic E-state index is 12.9. The Morgan fingerprint density at radius 3 is 2.48 bits per heavy atom. The van der Waals surface area contributed by atoms with Gasteiger partial charge in [0.15, 0.2) is 5.78 Å². The molecule has 6 nitrogen and oxygen atoms in total. The first-order valence-electron chi connectivity index (χ1n) is 9.60. The van der Waals surface area contributed by atoms with Crippen molar-refractivity contribution in [3.05, 3.63) is 23.9 Å². The second kappa shape index (κ2) is 8.55. The summed E-state index contributed by atoms with van der Waals surface area (Å²) in [6.07, 6.45) is 2.01. The third-order valence-corrected chi connectivity index (χ3v) is 4.66. The maximum Gasteiger partial charge on any atom is 0.244 e. The first-order valence-corrected chi connectivity index (χ1v) is 9.60. The second-order valence-corrected chi connectivity index (χ2v) is 7.80. The Bertz CT molecular complexity index is 818. The summed E-state index contributed by atoms with van der Waals surface area (Å²) in [6.45, 7) is 11.2. The van der Waals surface area contributed by atoms with Gasteiger partial charge in [-0.25, -0.2) is 0 Å². The molecule has 0 unspecified atom stereocenters. The number of methoxy groups -OCH3 is 1. The van der Waals surface area contributed by atoms with Crippen molar-refractivity contribution in [1.82, 2.24) is 14.7 Å². The maximum absolute atomic E-state index is 12.9. The number of nitrogens with zero attached hydrogens (tertiary/aromatic N) is 3. The summed E-state index contributed by atoms with van der Waals surface area (Å²) < 4.78 is 6.95. The molecule has 1 heterocycles. The molecule has 0 saturated heterocycles. The van der Waals surface area contributed by atoms with Gasteiger partial charge >= 0.3 is 0 Å². The van der Waals surface area contributed by atoms with Crippen LogP contribution in [0.3, 0.4) is 0 Å². The minimum Gasteiger partial charge on any atom is -0.497 e. The van der Waals surface area contributed by atoms with Crippen LogP contribution in [-0.2, 0) is 11.3 Å². The zero-order valence-corrected chi connectivity index (χ0v) is 17.3. The van der Waals surface area contributed by atoms with E-state index in [1.165, 1.54) is 0 Å². The van der Waals surface area contributed by atoms with Crippen LogP contribution >= 0.6 is 0 Å². The predicted octanol–water partition coefficient (Wildman–Crippen LogP) is 3.92. The van der Waals surface area contributed by atoms with Crippen LogP contribution in [0.1, 0.15) is 57.9 Å². The topological polar surface area (TPSA) is 64.4 Å². The number of ether oxygens (including phenoxy) is 1. The summed E-state index contributed by atoms with van der Waals surface area (Å²) in [5, 5.41) is 5.28. The van der Waals surface area contributed by atoms with Gasteiger partial charge in [-0.3, -0.25) is 14.3 Å². The molecule has 148 valence electrons. The molecule has 0 fully saturated rings. The highest BCUT2D eigenvalue weighted by molar-refractivity contribution is 6.08. The molecule has 0 bridgehead atoms. The first-order chi connectivity index (χ1) is 12.7. The molecular weight excluding hydrogens is 342 g/mol. The van der Waals surface area contributed by atoms with E-state index in [0.29, 0.717) is 18.0 Å². The van der Waals surface area contributed by atoms with Gasteiger partial charge in [-0.2, -0.15) is 5.10 Å². The summed E-state index contributed by atoms with van der Waals surface area (Å²) in [7, 11) is 1.60. The highest BCUT2D eigenvalue weighted by Crippen LogP contribution is 2.29. The molecule has 0 saturated carbocycles. The molecule has 0 atom stereocenters. The number of fused-ring (bicyclic) bond motifs is 1. The van der Waals surface area contributed by atoms with E-state index < -0.39 is 5.41 Å². The van der Waals surface area contributed by atoms with E-state index in [1.807, 2.05) is 50.8 Å². The number of rotatable bonds is 8. The third-order valence-electron chi connectivity index (χ3n) is 4.66. The fraction of sp³-hybridized carbons (Fsp3) is 0.571. The van der Waals surface area contributed by atoms with Crippen LogP contribution in [-0.4, -0.2) is 46.6 Å². The molecule has 0 N–H and O–H groups in total. The number of Topliss-reactive ketones (excluding diaryl/α,β-unsaturated/α-hetero) is 1. The van der Waals surface area contributed by atoms with Gasteiger partial charge in [0.2, 0.25) is 5.91 Å². The predicted molar refractivity (Wildman–Crippen MR) is 107 cm³/mol. The molecule has 0 spiro atoms. The SMILES string of the molecule is CCCCN(CC)C(=O)Cn1nc(C(=O)C(C)(C)C)c2ccc(OC)cc21. The van der Waals surface area contributed by atoms with Crippen molar-refractivity contribution in [2.75, 3.05) is 20.2 Å². The Kier molecular flexibility index (Phi) is 6.63. The largest absolute Gasteiger partial charge is 0.497 e. The number of amides is 1. The number of likely N-dealkylation sites (N-methyl/N-ethyl adjacent to an activating group) is 1. The number of carbonyl (C=O) groups is 2. The quantitative estimate of drug-likeness (QED) is 0.658. The molecule has 1 aromatic heterocycles. The van der Waals surface area contributed by atoms with Gasteiger partial charge in [0.1, 0.15) is 18.0 Å². The fourth-order valence-corrected chi connectivity index (χ4v) is 2.96. The van der Waals surface area contributed by atoms with E-state index in [1.54, 1.807) is 11.8 Å². The standard InChI is InChI=1S/C21H31N3O3/c1-7-9-12-23(8-2)18(25)14-24-17-13-15(27-6)10-11-16(17)19(22-24)20(26)21(3,4)5/h10-11,13H,7-9,12,14H2,1-6H3. The molecule has 0 aliphatic heterocycles. The molecule has 2 rings (SSSR count). The van der Waals surface area contributed by atoms with E-state index in [2.05, 4.69) is 12.0 Å². The number of aromatic nitrogens is 2. The van der Waals surface area contributed by atoms with E-state index >= 15 is 0 Å². The van der Waals surface area contributed by atoms with E-state index in [4.69, 9.17) is 4.74 Å². The van der Waals surface area contributed by atoms with Gasteiger partial charge in [-0.1, -0.05) is 34.1 Å². The summed E-state index contributed by atoms with van der Waals surface area (Å²) in [4.78, 5) is 27.5.